The molecule has 1 fully saturated rings. The van der Waals surface area contributed by atoms with Crippen LogP contribution in [0.5, 0.6) is 0 Å². The molecule has 0 N–H and O–H groups in total. The molecule has 100 valence electrons. The fourth-order valence-electron chi connectivity index (χ4n) is 2.78. The molecule has 0 amide bonds. The van der Waals surface area contributed by atoms with Crippen LogP contribution >= 0.6 is 31.9 Å². The normalized spacial score (nSPS) is 20.8. The lowest BCUT2D eigenvalue weighted by atomic mass is 9.98. The summed E-state index contributed by atoms with van der Waals surface area (Å²) in [5.74, 6) is 0.929. The first-order valence-electron chi connectivity index (χ1n) is 6.84. The molecule has 1 heterocycles. The van der Waals surface area contributed by atoms with E-state index in [1.54, 1.807) is 0 Å². The third kappa shape index (κ3) is 3.51. The van der Waals surface area contributed by atoms with Crippen LogP contribution in [0, 0.1) is 5.92 Å². The zero-order chi connectivity index (χ0) is 13.0. The van der Waals surface area contributed by atoms with E-state index in [2.05, 4.69) is 61.9 Å². The van der Waals surface area contributed by atoms with Crippen molar-refractivity contribution in [2.24, 2.45) is 5.92 Å². The summed E-state index contributed by atoms with van der Waals surface area (Å²) in [6, 6.07) is 6.64. The van der Waals surface area contributed by atoms with Crippen LogP contribution in [0.3, 0.4) is 0 Å². The van der Waals surface area contributed by atoms with Crippen LogP contribution in [0.15, 0.2) is 22.7 Å². The Hall–Kier alpha value is -0.0200. The van der Waals surface area contributed by atoms with Gasteiger partial charge in [0.2, 0.25) is 0 Å². The van der Waals surface area contributed by atoms with Gasteiger partial charge < -0.3 is 4.90 Å². The first-order valence-corrected chi connectivity index (χ1v) is 8.75. The monoisotopic (exact) mass is 373 g/mol. The molecular formula is C15H21Br2N. The molecule has 3 heteroatoms. The van der Waals surface area contributed by atoms with Gasteiger partial charge in [0.25, 0.3) is 0 Å². The third-order valence-electron chi connectivity index (χ3n) is 3.95. The van der Waals surface area contributed by atoms with Crippen molar-refractivity contribution in [3.05, 3.63) is 28.2 Å². The maximum Gasteiger partial charge on any atom is 0.0408 e. The molecule has 1 atom stereocenters. The van der Waals surface area contributed by atoms with Crippen LogP contribution in [0.25, 0.3) is 0 Å². The summed E-state index contributed by atoms with van der Waals surface area (Å²) in [4.78, 5) is 2.57. The van der Waals surface area contributed by atoms with Gasteiger partial charge in [0, 0.05) is 28.6 Å². The fraction of sp³-hybridized carbons (Fsp3) is 0.600. The minimum absolute atomic E-state index is 0.926. The Morgan fingerprint density at radius 1 is 1.28 bits per heavy atom. The number of halogens is 2. The lowest BCUT2D eigenvalue weighted by molar-refractivity contribution is 0.459. The molecule has 1 unspecified atom stereocenters. The van der Waals surface area contributed by atoms with Crippen molar-refractivity contribution in [1.82, 2.24) is 0 Å². The SMILES string of the molecule is CCC1CCCN(c2ccc(Br)cc2CBr)CC1. The van der Waals surface area contributed by atoms with Crippen molar-refractivity contribution >= 4 is 37.5 Å². The number of nitrogens with zero attached hydrogens (tertiary/aromatic N) is 1. The molecule has 1 nitrogen and oxygen atoms in total. The van der Waals surface area contributed by atoms with Crippen LogP contribution in [0.2, 0.25) is 0 Å². The van der Waals surface area contributed by atoms with E-state index in [0.29, 0.717) is 0 Å². The highest BCUT2D eigenvalue weighted by atomic mass is 79.9. The number of hydrogen-bond acceptors (Lipinski definition) is 1. The van der Waals surface area contributed by atoms with Crippen LogP contribution in [-0.2, 0) is 5.33 Å². The molecular weight excluding hydrogens is 354 g/mol. The van der Waals surface area contributed by atoms with Crippen LogP contribution in [0.1, 0.15) is 38.2 Å². The molecule has 1 aliphatic heterocycles. The van der Waals surface area contributed by atoms with Crippen LogP contribution < -0.4 is 4.90 Å². The van der Waals surface area contributed by atoms with E-state index in [-0.39, 0.29) is 0 Å². The summed E-state index contributed by atoms with van der Waals surface area (Å²) < 4.78 is 1.17. The Labute approximate surface area is 127 Å². The van der Waals surface area contributed by atoms with Gasteiger partial charge >= 0.3 is 0 Å². The van der Waals surface area contributed by atoms with Gasteiger partial charge in [0.1, 0.15) is 0 Å². The molecule has 0 spiro atoms. The van der Waals surface area contributed by atoms with E-state index in [9.17, 15) is 0 Å². The molecule has 0 aliphatic carbocycles. The maximum absolute atomic E-state index is 3.61. The summed E-state index contributed by atoms with van der Waals surface area (Å²) in [6.07, 6.45) is 5.40. The number of anilines is 1. The van der Waals surface area contributed by atoms with Gasteiger partial charge in [-0.05, 0) is 48.9 Å². The smallest absolute Gasteiger partial charge is 0.0408 e. The average molecular weight is 375 g/mol. The number of alkyl halides is 1. The van der Waals surface area contributed by atoms with Crippen molar-refractivity contribution in [2.45, 2.75) is 37.9 Å². The second-order valence-electron chi connectivity index (χ2n) is 5.10. The molecule has 1 aromatic rings. The first kappa shape index (κ1) is 14.4. The van der Waals surface area contributed by atoms with Crippen LogP contribution in [0.4, 0.5) is 5.69 Å². The molecule has 0 aromatic heterocycles. The Morgan fingerprint density at radius 3 is 2.83 bits per heavy atom. The molecule has 1 saturated heterocycles. The van der Waals surface area contributed by atoms with Crippen molar-refractivity contribution in [2.75, 3.05) is 18.0 Å². The molecule has 0 radical (unpaired) electrons. The molecule has 0 saturated carbocycles. The zero-order valence-electron chi connectivity index (χ0n) is 11.0. The summed E-state index contributed by atoms with van der Waals surface area (Å²) >= 11 is 7.16. The number of rotatable bonds is 3. The van der Waals surface area contributed by atoms with Crippen molar-refractivity contribution in [1.29, 1.82) is 0 Å². The van der Waals surface area contributed by atoms with Gasteiger partial charge in [0.15, 0.2) is 0 Å². The highest BCUT2D eigenvalue weighted by Gasteiger charge is 2.17. The van der Waals surface area contributed by atoms with Gasteiger partial charge in [-0.1, -0.05) is 45.2 Å². The van der Waals surface area contributed by atoms with Gasteiger partial charge in [-0.3, -0.25) is 0 Å². The summed E-state index contributed by atoms with van der Waals surface area (Å²) in [7, 11) is 0. The van der Waals surface area contributed by atoms with Crippen LogP contribution in [-0.4, -0.2) is 13.1 Å². The second kappa shape index (κ2) is 6.95. The van der Waals surface area contributed by atoms with Crippen molar-refractivity contribution in [3.63, 3.8) is 0 Å². The van der Waals surface area contributed by atoms with Gasteiger partial charge in [-0.2, -0.15) is 0 Å². The van der Waals surface area contributed by atoms with E-state index >= 15 is 0 Å². The Bertz CT molecular complexity index is 392. The van der Waals surface area contributed by atoms with E-state index in [4.69, 9.17) is 0 Å². The zero-order valence-corrected chi connectivity index (χ0v) is 14.1. The standard InChI is InChI=1S/C15H21Br2N/c1-2-12-4-3-8-18(9-7-12)15-6-5-14(17)10-13(15)11-16/h5-6,10,12H,2-4,7-9,11H2,1H3. The Balaban J connectivity index is 2.15. The lowest BCUT2D eigenvalue weighted by Crippen LogP contribution is -2.25. The fourth-order valence-corrected chi connectivity index (χ4v) is 3.64. The molecule has 1 aliphatic rings. The number of benzene rings is 1. The predicted octanol–water partition coefficient (Wildman–Crippen LogP) is 5.36. The third-order valence-corrected chi connectivity index (χ3v) is 5.05. The minimum atomic E-state index is 0.926. The molecule has 0 bridgehead atoms. The van der Waals surface area contributed by atoms with E-state index in [1.807, 2.05) is 0 Å². The van der Waals surface area contributed by atoms with E-state index in [1.165, 1.54) is 54.5 Å². The highest BCUT2D eigenvalue weighted by Crippen LogP contribution is 2.30. The summed E-state index contributed by atoms with van der Waals surface area (Å²) in [5, 5.41) is 0.926. The van der Waals surface area contributed by atoms with Gasteiger partial charge in [-0.15, -0.1) is 0 Å². The maximum atomic E-state index is 3.61. The van der Waals surface area contributed by atoms with Crippen molar-refractivity contribution in [3.8, 4) is 0 Å². The Morgan fingerprint density at radius 2 is 2.11 bits per heavy atom. The first-order chi connectivity index (χ1) is 8.74. The van der Waals surface area contributed by atoms with E-state index < -0.39 is 0 Å². The predicted molar refractivity (Wildman–Crippen MR) is 86.6 cm³/mol. The second-order valence-corrected chi connectivity index (χ2v) is 6.58. The molecule has 1 aromatic carbocycles. The summed E-state index contributed by atoms with van der Waals surface area (Å²) in [6.45, 7) is 4.74. The summed E-state index contributed by atoms with van der Waals surface area (Å²) in [5.41, 5.74) is 2.80. The van der Waals surface area contributed by atoms with Gasteiger partial charge in [0.05, 0.1) is 0 Å². The number of hydrogen-bond donors (Lipinski definition) is 0. The van der Waals surface area contributed by atoms with Crippen molar-refractivity contribution < 1.29 is 0 Å². The largest absolute Gasteiger partial charge is 0.371 e. The highest BCUT2D eigenvalue weighted by molar-refractivity contribution is 9.10. The lowest BCUT2D eigenvalue weighted by Gasteiger charge is -2.25. The van der Waals surface area contributed by atoms with Gasteiger partial charge in [-0.25, -0.2) is 0 Å². The minimum Gasteiger partial charge on any atom is -0.371 e. The van der Waals surface area contributed by atoms with E-state index in [0.717, 1.165) is 11.2 Å². The average Bonchev–Trinajstić information content (AvgIpc) is 2.63. The Kier molecular flexibility index (Phi) is 5.56. The molecule has 18 heavy (non-hydrogen) atoms. The molecule has 2 rings (SSSR count). The topological polar surface area (TPSA) is 3.24 Å². The quantitative estimate of drug-likeness (QED) is 0.643.